The van der Waals surface area contributed by atoms with Gasteiger partial charge in [-0.1, -0.05) is 11.6 Å². The molecule has 1 aromatic rings. The minimum Gasteiger partial charge on any atom is -0.481 e. The van der Waals surface area contributed by atoms with Crippen LogP contribution in [0.3, 0.4) is 0 Å². The van der Waals surface area contributed by atoms with Gasteiger partial charge in [-0.3, -0.25) is 9.59 Å². The lowest BCUT2D eigenvalue weighted by molar-refractivity contribution is -0.169. The van der Waals surface area contributed by atoms with E-state index in [1.165, 1.54) is 0 Å². The van der Waals surface area contributed by atoms with Gasteiger partial charge in [-0.15, -0.1) is 0 Å². The van der Waals surface area contributed by atoms with E-state index in [1.807, 2.05) is 0 Å². The zero-order valence-electron chi connectivity index (χ0n) is 18.2. The Hall–Kier alpha value is -1.64. The van der Waals surface area contributed by atoms with E-state index in [9.17, 15) is 14.7 Å². The Labute approximate surface area is 191 Å². The van der Waals surface area contributed by atoms with Crippen LogP contribution in [-0.4, -0.2) is 52.9 Å². The second-order valence-corrected chi connectivity index (χ2v) is 11.3. The fourth-order valence-electron chi connectivity index (χ4n) is 8.03. The summed E-state index contributed by atoms with van der Waals surface area (Å²) in [5, 5.41) is 14.4. The van der Waals surface area contributed by atoms with Gasteiger partial charge in [0.05, 0.1) is 37.1 Å². The molecule has 2 atom stereocenters. The average Bonchev–Trinajstić information content (AvgIpc) is 3.17. The Morgan fingerprint density at radius 3 is 2.44 bits per heavy atom. The molecule has 0 aromatic carbocycles. The number of rotatable bonds is 4. The first kappa shape index (κ1) is 20.9. The molecule has 0 amide bonds. The maximum atomic E-state index is 13.5. The van der Waals surface area contributed by atoms with Crippen LogP contribution in [0.25, 0.3) is 0 Å². The van der Waals surface area contributed by atoms with Gasteiger partial charge in [0.25, 0.3) is 5.56 Å². The van der Waals surface area contributed by atoms with Crippen LogP contribution >= 0.6 is 11.6 Å². The van der Waals surface area contributed by atoms with Gasteiger partial charge in [-0.25, -0.2) is 4.68 Å². The molecule has 0 unspecified atom stereocenters. The van der Waals surface area contributed by atoms with Gasteiger partial charge in [0.1, 0.15) is 5.02 Å². The fraction of sp³-hybridized carbons (Fsp3) is 0.783. The molecule has 4 aliphatic carbocycles. The van der Waals surface area contributed by atoms with Crippen molar-refractivity contribution in [2.24, 2.45) is 17.3 Å². The molecule has 9 heteroatoms. The van der Waals surface area contributed by atoms with Gasteiger partial charge in [0.2, 0.25) is 0 Å². The van der Waals surface area contributed by atoms with Crippen molar-refractivity contribution in [3.8, 4) is 0 Å². The molecule has 6 aliphatic rings. The van der Waals surface area contributed by atoms with Crippen LogP contribution in [0.15, 0.2) is 11.0 Å². The molecular formula is C23H30ClN3O5. The number of nitrogens with zero attached hydrogens (tertiary/aromatic N) is 3. The molecule has 4 bridgehead atoms. The topological polar surface area (TPSA) is 93.9 Å². The smallest absolute Gasteiger partial charge is 0.303 e. The number of piperidine rings is 1. The average molecular weight is 464 g/mol. The van der Waals surface area contributed by atoms with E-state index in [4.69, 9.17) is 21.1 Å². The second-order valence-electron chi connectivity index (χ2n) is 10.9. The molecule has 7 rings (SSSR count). The first-order valence-corrected chi connectivity index (χ1v) is 12.2. The molecule has 2 aliphatic heterocycles. The van der Waals surface area contributed by atoms with Crippen molar-refractivity contribution in [1.82, 2.24) is 9.78 Å². The second kappa shape index (κ2) is 7.18. The number of aromatic nitrogens is 2. The highest BCUT2D eigenvalue weighted by molar-refractivity contribution is 6.33. The first-order chi connectivity index (χ1) is 15.3. The molecule has 0 radical (unpaired) electrons. The SMILES string of the molecule is O=C(O)CC12C[C@@H]3C[C@@H](C1)CC(n1ncc(N4CCC5(CC4)OCCO5)c(Cl)c1=O)(C3)C2. The largest absolute Gasteiger partial charge is 0.481 e. The molecule has 1 aromatic heterocycles. The van der Waals surface area contributed by atoms with E-state index in [-0.39, 0.29) is 22.4 Å². The van der Waals surface area contributed by atoms with E-state index in [2.05, 4.69) is 10.00 Å². The monoisotopic (exact) mass is 463 g/mol. The molecule has 6 fully saturated rings. The van der Waals surface area contributed by atoms with Crippen molar-refractivity contribution in [3.05, 3.63) is 21.6 Å². The highest BCUT2D eigenvalue weighted by atomic mass is 35.5. The molecule has 4 saturated carbocycles. The van der Waals surface area contributed by atoms with Crippen molar-refractivity contribution in [1.29, 1.82) is 0 Å². The summed E-state index contributed by atoms with van der Waals surface area (Å²) in [5.41, 5.74) is -0.197. The van der Waals surface area contributed by atoms with Gasteiger partial charge in [-0.2, -0.15) is 5.10 Å². The standard InChI is InChI=1S/C23H30ClN3O5/c24-19-17(26-3-1-23(2-4-26)31-5-6-32-23)13-25-27(20(19)30)22-10-15-7-16(11-22)9-21(8-15,14-22)12-18(28)29/h13,15-16H,1-12,14H2,(H,28,29)/t15-,16-,21?,22?/m0/s1. The Bertz CT molecular complexity index is 980. The maximum absolute atomic E-state index is 13.5. The van der Waals surface area contributed by atoms with Crippen molar-refractivity contribution in [2.45, 2.75) is 69.1 Å². The summed E-state index contributed by atoms with van der Waals surface area (Å²) in [7, 11) is 0. The number of ether oxygens (including phenoxy) is 2. The summed E-state index contributed by atoms with van der Waals surface area (Å²) in [4.78, 5) is 27.2. The van der Waals surface area contributed by atoms with Gasteiger partial charge < -0.3 is 19.5 Å². The van der Waals surface area contributed by atoms with Crippen LogP contribution in [0.4, 0.5) is 5.69 Å². The van der Waals surface area contributed by atoms with Crippen molar-refractivity contribution >= 4 is 23.3 Å². The summed E-state index contributed by atoms with van der Waals surface area (Å²) < 4.78 is 13.2. The van der Waals surface area contributed by atoms with Crippen molar-refractivity contribution in [2.75, 3.05) is 31.2 Å². The minimum absolute atomic E-state index is 0.183. The minimum atomic E-state index is -0.742. The molecular weight excluding hydrogens is 434 g/mol. The molecule has 1 spiro atoms. The van der Waals surface area contributed by atoms with Gasteiger partial charge >= 0.3 is 5.97 Å². The van der Waals surface area contributed by atoms with Crippen LogP contribution in [0.5, 0.6) is 0 Å². The third kappa shape index (κ3) is 3.21. The predicted molar refractivity (Wildman–Crippen MR) is 117 cm³/mol. The first-order valence-electron chi connectivity index (χ1n) is 11.8. The van der Waals surface area contributed by atoms with Gasteiger partial charge in [0, 0.05) is 25.9 Å². The fourth-order valence-corrected chi connectivity index (χ4v) is 8.28. The zero-order chi connectivity index (χ0) is 22.1. The van der Waals surface area contributed by atoms with E-state index in [0.717, 1.165) is 44.9 Å². The normalized spacial score (nSPS) is 37.3. The zero-order valence-corrected chi connectivity index (χ0v) is 19.0. The number of carbonyl (C=O) groups is 1. The Kier molecular flexibility index (Phi) is 4.69. The van der Waals surface area contributed by atoms with Crippen LogP contribution in [0.1, 0.15) is 57.8 Å². The lowest BCUT2D eigenvalue weighted by Gasteiger charge is -2.61. The van der Waals surface area contributed by atoms with E-state index >= 15 is 0 Å². The van der Waals surface area contributed by atoms with Crippen LogP contribution < -0.4 is 10.5 Å². The number of carboxylic acids is 1. The summed E-state index contributed by atoms with van der Waals surface area (Å²) >= 11 is 6.67. The Morgan fingerprint density at radius 2 is 1.81 bits per heavy atom. The quantitative estimate of drug-likeness (QED) is 0.733. The molecule has 32 heavy (non-hydrogen) atoms. The number of anilines is 1. The third-order valence-corrected chi connectivity index (χ3v) is 9.06. The number of halogens is 1. The van der Waals surface area contributed by atoms with Crippen molar-refractivity contribution < 1.29 is 19.4 Å². The highest BCUT2D eigenvalue weighted by Crippen LogP contribution is 2.65. The van der Waals surface area contributed by atoms with E-state index < -0.39 is 17.3 Å². The molecule has 1 N–H and O–H groups in total. The summed E-state index contributed by atoms with van der Waals surface area (Å²) in [5.74, 6) is -0.294. The Balaban J connectivity index is 1.29. The van der Waals surface area contributed by atoms with Crippen LogP contribution in [0.2, 0.25) is 5.02 Å². The number of hydrogen-bond acceptors (Lipinski definition) is 6. The van der Waals surface area contributed by atoms with E-state index in [0.29, 0.717) is 50.2 Å². The number of carboxylic acid groups (broad SMARTS) is 1. The summed E-state index contributed by atoms with van der Waals surface area (Å²) in [6.07, 6.45) is 8.95. The van der Waals surface area contributed by atoms with Crippen molar-refractivity contribution in [3.63, 3.8) is 0 Å². The molecule has 174 valence electrons. The number of hydrogen-bond donors (Lipinski definition) is 1. The predicted octanol–water partition coefficient (Wildman–Crippen LogP) is 3.01. The summed E-state index contributed by atoms with van der Waals surface area (Å²) in [6, 6.07) is 0. The molecule has 2 saturated heterocycles. The van der Waals surface area contributed by atoms with Crippen LogP contribution in [-0.2, 0) is 19.8 Å². The maximum Gasteiger partial charge on any atom is 0.303 e. The van der Waals surface area contributed by atoms with Gasteiger partial charge in [-0.05, 0) is 55.8 Å². The third-order valence-electron chi connectivity index (χ3n) is 8.71. The lowest BCUT2D eigenvalue weighted by atomic mass is 9.46. The van der Waals surface area contributed by atoms with E-state index in [1.54, 1.807) is 10.9 Å². The van der Waals surface area contributed by atoms with Gasteiger partial charge in [0.15, 0.2) is 5.79 Å². The molecule has 3 heterocycles. The lowest BCUT2D eigenvalue weighted by Crippen LogP contribution is -2.59. The summed E-state index contributed by atoms with van der Waals surface area (Å²) in [6.45, 7) is 2.65. The Morgan fingerprint density at radius 1 is 1.16 bits per heavy atom. The van der Waals surface area contributed by atoms with Crippen LogP contribution in [0, 0.1) is 17.3 Å². The highest BCUT2D eigenvalue weighted by Gasteiger charge is 2.59. The molecule has 8 nitrogen and oxygen atoms in total. The number of aliphatic carboxylic acids is 1.